The maximum atomic E-state index is 12.9. The molecule has 24 heavy (non-hydrogen) atoms. The van der Waals surface area contributed by atoms with Crippen molar-refractivity contribution < 1.29 is 14.3 Å². The van der Waals surface area contributed by atoms with E-state index >= 15 is 0 Å². The predicted molar refractivity (Wildman–Crippen MR) is 96.5 cm³/mol. The Morgan fingerprint density at radius 2 is 1.83 bits per heavy atom. The van der Waals surface area contributed by atoms with Gasteiger partial charge in [-0.25, -0.2) is 4.39 Å². The SMILES string of the molecule is Cc1ccc(NC(=O)C(=CSc2ccc(F)cc2)CCCO)cc1. The number of halogens is 1. The Balaban J connectivity index is 2.07. The second-order valence-electron chi connectivity index (χ2n) is 5.36. The third kappa shape index (κ3) is 5.83. The lowest BCUT2D eigenvalue weighted by Gasteiger charge is -2.09. The van der Waals surface area contributed by atoms with Crippen molar-refractivity contribution >= 4 is 23.4 Å². The van der Waals surface area contributed by atoms with Gasteiger partial charge in [-0.3, -0.25) is 4.79 Å². The van der Waals surface area contributed by atoms with Gasteiger partial charge in [0.05, 0.1) is 0 Å². The quantitative estimate of drug-likeness (QED) is 0.573. The Labute approximate surface area is 145 Å². The van der Waals surface area contributed by atoms with Gasteiger partial charge in [0.25, 0.3) is 5.91 Å². The van der Waals surface area contributed by atoms with Crippen molar-refractivity contribution in [3.63, 3.8) is 0 Å². The van der Waals surface area contributed by atoms with E-state index in [0.717, 1.165) is 16.1 Å². The smallest absolute Gasteiger partial charge is 0.252 e. The van der Waals surface area contributed by atoms with Gasteiger partial charge in [0.1, 0.15) is 5.82 Å². The van der Waals surface area contributed by atoms with E-state index in [4.69, 9.17) is 5.11 Å². The number of anilines is 1. The van der Waals surface area contributed by atoms with Crippen LogP contribution in [0.2, 0.25) is 0 Å². The molecular formula is C19H20FNO2S. The summed E-state index contributed by atoms with van der Waals surface area (Å²) in [6.45, 7) is 2.01. The van der Waals surface area contributed by atoms with E-state index in [1.807, 2.05) is 31.2 Å². The van der Waals surface area contributed by atoms with Crippen molar-refractivity contribution in [2.45, 2.75) is 24.7 Å². The summed E-state index contributed by atoms with van der Waals surface area (Å²) in [6.07, 6.45) is 0.986. The van der Waals surface area contributed by atoms with E-state index in [1.54, 1.807) is 17.5 Å². The van der Waals surface area contributed by atoms with Gasteiger partial charge in [0.2, 0.25) is 0 Å². The lowest BCUT2D eigenvalue weighted by molar-refractivity contribution is -0.113. The Morgan fingerprint density at radius 3 is 2.46 bits per heavy atom. The van der Waals surface area contributed by atoms with E-state index in [9.17, 15) is 9.18 Å². The van der Waals surface area contributed by atoms with E-state index in [-0.39, 0.29) is 18.3 Å². The molecule has 0 unspecified atom stereocenters. The van der Waals surface area contributed by atoms with Crippen LogP contribution in [0.5, 0.6) is 0 Å². The van der Waals surface area contributed by atoms with Crippen LogP contribution in [0.25, 0.3) is 0 Å². The first-order valence-electron chi connectivity index (χ1n) is 7.68. The molecule has 2 aromatic rings. The molecule has 5 heteroatoms. The monoisotopic (exact) mass is 345 g/mol. The molecule has 126 valence electrons. The van der Waals surface area contributed by atoms with Gasteiger partial charge in [-0.15, -0.1) is 0 Å². The van der Waals surface area contributed by atoms with E-state index < -0.39 is 0 Å². The highest BCUT2D eigenvalue weighted by Crippen LogP contribution is 2.23. The number of benzene rings is 2. The summed E-state index contributed by atoms with van der Waals surface area (Å²) in [5.41, 5.74) is 2.43. The molecule has 0 aliphatic carbocycles. The first-order chi connectivity index (χ1) is 11.6. The van der Waals surface area contributed by atoms with Crippen LogP contribution in [0.15, 0.2) is 64.4 Å². The zero-order valence-electron chi connectivity index (χ0n) is 13.5. The van der Waals surface area contributed by atoms with Gasteiger partial charge in [0, 0.05) is 22.8 Å². The highest BCUT2D eigenvalue weighted by molar-refractivity contribution is 8.02. The Kier molecular flexibility index (Phi) is 7.03. The zero-order valence-corrected chi connectivity index (χ0v) is 14.3. The van der Waals surface area contributed by atoms with E-state index in [2.05, 4.69) is 5.32 Å². The van der Waals surface area contributed by atoms with Crippen LogP contribution >= 0.6 is 11.8 Å². The third-order valence-electron chi connectivity index (χ3n) is 3.36. The number of amides is 1. The van der Waals surface area contributed by atoms with Crippen LogP contribution in [0.4, 0.5) is 10.1 Å². The number of carbonyl (C=O) groups is 1. The number of hydrogen-bond donors (Lipinski definition) is 2. The molecule has 2 aromatic carbocycles. The van der Waals surface area contributed by atoms with Crippen molar-refractivity contribution in [2.24, 2.45) is 0 Å². The third-order valence-corrected chi connectivity index (χ3v) is 4.30. The topological polar surface area (TPSA) is 49.3 Å². The molecule has 2 rings (SSSR count). The average Bonchev–Trinajstić information content (AvgIpc) is 2.58. The number of aliphatic hydroxyl groups excluding tert-OH is 1. The summed E-state index contributed by atoms with van der Waals surface area (Å²) in [7, 11) is 0. The number of carbonyl (C=O) groups excluding carboxylic acids is 1. The van der Waals surface area contributed by atoms with Gasteiger partial charge in [-0.2, -0.15) is 0 Å². The maximum absolute atomic E-state index is 12.9. The number of hydrogen-bond acceptors (Lipinski definition) is 3. The Bertz CT molecular complexity index is 696. The number of aryl methyl sites for hydroxylation is 1. The molecule has 0 bridgehead atoms. The van der Waals surface area contributed by atoms with Gasteiger partial charge in [-0.05, 0) is 61.6 Å². The van der Waals surface area contributed by atoms with Crippen molar-refractivity contribution in [1.82, 2.24) is 0 Å². The van der Waals surface area contributed by atoms with Crippen LogP contribution in [-0.4, -0.2) is 17.6 Å². The fraction of sp³-hybridized carbons (Fsp3) is 0.211. The summed E-state index contributed by atoms with van der Waals surface area (Å²) in [5, 5.41) is 13.6. The summed E-state index contributed by atoms with van der Waals surface area (Å²) in [6, 6.07) is 13.7. The molecule has 0 aromatic heterocycles. The zero-order chi connectivity index (χ0) is 17.4. The van der Waals surface area contributed by atoms with Crippen molar-refractivity contribution in [3.05, 3.63) is 70.9 Å². The minimum absolute atomic E-state index is 0.0242. The number of nitrogens with one attached hydrogen (secondary N) is 1. The number of aliphatic hydroxyl groups is 1. The summed E-state index contributed by atoms with van der Waals surface area (Å²) >= 11 is 1.36. The van der Waals surface area contributed by atoms with Crippen LogP contribution in [0.1, 0.15) is 18.4 Å². The summed E-state index contributed by atoms with van der Waals surface area (Å²) in [4.78, 5) is 13.3. The van der Waals surface area contributed by atoms with Crippen LogP contribution in [0, 0.1) is 12.7 Å². The molecule has 1 amide bonds. The highest BCUT2D eigenvalue weighted by atomic mass is 32.2. The van der Waals surface area contributed by atoms with Crippen molar-refractivity contribution in [1.29, 1.82) is 0 Å². The minimum atomic E-state index is -0.291. The molecule has 0 atom stereocenters. The Morgan fingerprint density at radius 1 is 1.17 bits per heavy atom. The standard InChI is InChI=1S/C19H20FNO2S/c1-14-4-8-17(9-5-14)21-19(23)15(3-2-12-22)13-24-18-10-6-16(20)7-11-18/h4-11,13,22H,2-3,12H2,1H3,(H,21,23). The van der Waals surface area contributed by atoms with Gasteiger partial charge < -0.3 is 10.4 Å². The average molecular weight is 345 g/mol. The largest absolute Gasteiger partial charge is 0.396 e. The van der Waals surface area contributed by atoms with Crippen molar-refractivity contribution in [3.8, 4) is 0 Å². The number of thioether (sulfide) groups is 1. The van der Waals surface area contributed by atoms with Gasteiger partial charge in [-0.1, -0.05) is 29.5 Å². The molecule has 0 aliphatic heterocycles. The highest BCUT2D eigenvalue weighted by Gasteiger charge is 2.10. The fourth-order valence-corrected chi connectivity index (χ4v) is 2.79. The second-order valence-corrected chi connectivity index (χ2v) is 6.30. The second kappa shape index (κ2) is 9.25. The molecule has 0 aliphatic rings. The Hall–Kier alpha value is -2.11. The van der Waals surface area contributed by atoms with Crippen LogP contribution in [-0.2, 0) is 4.79 Å². The van der Waals surface area contributed by atoms with Crippen molar-refractivity contribution in [2.75, 3.05) is 11.9 Å². The first-order valence-corrected chi connectivity index (χ1v) is 8.56. The lowest BCUT2D eigenvalue weighted by Crippen LogP contribution is -2.14. The van der Waals surface area contributed by atoms with E-state index in [1.165, 1.54) is 23.9 Å². The normalized spacial score (nSPS) is 11.4. The maximum Gasteiger partial charge on any atom is 0.252 e. The molecule has 2 N–H and O–H groups in total. The molecule has 0 saturated carbocycles. The number of rotatable bonds is 7. The van der Waals surface area contributed by atoms with Crippen LogP contribution in [0.3, 0.4) is 0 Å². The van der Waals surface area contributed by atoms with Gasteiger partial charge >= 0.3 is 0 Å². The molecule has 0 saturated heterocycles. The molecule has 0 spiro atoms. The summed E-state index contributed by atoms with van der Waals surface area (Å²) < 4.78 is 12.9. The molecule has 0 radical (unpaired) electrons. The molecular weight excluding hydrogens is 325 g/mol. The van der Waals surface area contributed by atoms with E-state index in [0.29, 0.717) is 18.4 Å². The van der Waals surface area contributed by atoms with Gasteiger partial charge in [0.15, 0.2) is 0 Å². The first kappa shape index (κ1) is 18.2. The predicted octanol–water partition coefficient (Wildman–Crippen LogP) is 4.52. The lowest BCUT2D eigenvalue weighted by atomic mass is 10.1. The summed E-state index contributed by atoms with van der Waals surface area (Å²) in [5.74, 6) is -0.483. The minimum Gasteiger partial charge on any atom is -0.396 e. The fourth-order valence-electron chi connectivity index (χ4n) is 2.00. The molecule has 0 heterocycles. The molecule has 3 nitrogen and oxygen atoms in total. The molecule has 0 fully saturated rings. The van der Waals surface area contributed by atoms with Crippen LogP contribution < -0.4 is 5.32 Å².